The van der Waals surface area contributed by atoms with Crippen molar-refractivity contribution in [1.29, 1.82) is 0 Å². The standard InChI is InChI=1S/C15H19ClN2O2S2/c1-11-6-7-12(16)9-15(11)22(19,20)17-10-13(18(2)3)14-5-4-8-21-14/h4-9,13,17H,10H2,1-3H3. The van der Waals surface area contributed by atoms with Crippen molar-refractivity contribution >= 4 is 33.0 Å². The minimum absolute atomic E-state index is 0.00531. The number of likely N-dealkylation sites (N-methyl/N-ethyl adjacent to an activating group) is 1. The molecular weight excluding hydrogens is 340 g/mol. The van der Waals surface area contributed by atoms with Crippen LogP contribution in [0.15, 0.2) is 40.6 Å². The van der Waals surface area contributed by atoms with Crippen LogP contribution in [0.3, 0.4) is 0 Å². The number of sulfonamides is 1. The van der Waals surface area contributed by atoms with Crippen LogP contribution in [-0.4, -0.2) is 34.0 Å². The molecule has 0 spiro atoms. The van der Waals surface area contributed by atoms with E-state index in [0.717, 1.165) is 4.88 Å². The number of benzene rings is 1. The summed E-state index contributed by atoms with van der Waals surface area (Å²) in [6, 6.07) is 8.84. The van der Waals surface area contributed by atoms with Gasteiger partial charge in [0, 0.05) is 16.4 Å². The summed E-state index contributed by atoms with van der Waals surface area (Å²) in [6.45, 7) is 2.06. The van der Waals surface area contributed by atoms with Crippen LogP contribution >= 0.6 is 22.9 Å². The van der Waals surface area contributed by atoms with E-state index in [1.54, 1.807) is 30.4 Å². The van der Waals surface area contributed by atoms with E-state index in [9.17, 15) is 8.42 Å². The Bertz CT molecular complexity index is 728. The number of nitrogens with zero attached hydrogens (tertiary/aromatic N) is 1. The first-order valence-electron chi connectivity index (χ1n) is 6.77. The number of hydrogen-bond donors (Lipinski definition) is 1. The van der Waals surface area contributed by atoms with Gasteiger partial charge < -0.3 is 4.90 Å². The van der Waals surface area contributed by atoms with E-state index in [1.165, 1.54) is 6.07 Å². The second kappa shape index (κ2) is 7.10. The Hall–Kier alpha value is -0.920. The van der Waals surface area contributed by atoms with Gasteiger partial charge in [0.05, 0.1) is 10.9 Å². The third-order valence-electron chi connectivity index (χ3n) is 3.40. The number of thiophene rings is 1. The van der Waals surface area contributed by atoms with Gasteiger partial charge in [0.15, 0.2) is 0 Å². The Morgan fingerprint density at radius 3 is 2.64 bits per heavy atom. The second-order valence-electron chi connectivity index (χ2n) is 5.26. The van der Waals surface area contributed by atoms with Gasteiger partial charge in [-0.1, -0.05) is 23.7 Å². The van der Waals surface area contributed by atoms with E-state index in [0.29, 0.717) is 17.1 Å². The highest BCUT2D eigenvalue weighted by Gasteiger charge is 2.21. The fraction of sp³-hybridized carbons (Fsp3) is 0.333. The van der Waals surface area contributed by atoms with E-state index in [-0.39, 0.29) is 10.9 Å². The molecule has 2 rings (SSSR count). The summed E-state index contributed by atoms with van der Waals surface area (Å²) >= 11 is 7.53. The van der Waals surface area contributed by atoms with Crippen LogP contribution in [0.1, 0.15) is 16.5 Å². The molecule has 0 aliphatic heterocycles. The van der Waals surface area contributed by atoms with Gasteiger partial charge >= 0.3 is 0 Å². The lowest BCUT2D eigenvalue weighted by molar-refractivity contribution is 0.303. The maximum Gasteiger partial charge on any atom is 0.240 e. The predicted octanol–water partition coefficient (Wildman–Crippen LogP) is 3.29. The molecule has 1 aromatic carbocycles. The van der Waals surface area contributed by atoms with E-state index in [4.69, 9.17) is 11.6 Å². The van der Waals surface area contributed by atoms with Crippen molar-refractivity contribution in [3.8, 4) is 0 Å². The molecule has 1 N–H and O–H groups in total. The molecule has 2 aromatic rings. The zero-order chi connectivity index (χ0) is 16.3. The molecule has 0 fully saturated rings. The van der Waals surface area contributed by atoms with Crippen molar-refractivity contribution in [2.24, 2.45) is 0 Å². The Morgan fingerprint density at radius 2 is 2.05 bits per heavy atom. The lowest BCUT2D eigenvalue weighted by atomic mass is 10.2. The van der Waals surface area contributed by atoms with Crippen molar-refractivity contribution < 1.29 is 8.42 Å². The van der Waals surface area contributed by atoms with Crippen LogP contribution in [0.2, 0.25) is 5.02 Å². The van der Waals surface area contributed by atoms with E-state index in [2.05, 4.69) is 4.72 Å². The smallest absolute Gasteiger partial charge is 0.240 e. The maximum atomic E-state index is 12.5. The molecule has 0 aliphatic rings. The molecule has 1 heterocycles. The van der Waals surface area contributed by atoms with Gasteiger partial charge in [-0.2, -0.15) is 0 Å². The SMILES string of the molecule is Cc1ccc(Cl)cc1S(=O)(=O)NCC(c1cccs1)N(C)C. The van der Waals surface area contributed by atoms with Crippen molar-refractivity contribution in [3.05, 3.63) is 51.2 Å². The van der Waals surface area contributed by atoms with E-state index < -0.39 is 10.0 Å². The summed E-state index contributed by atoms with van der Waals surface area (Å²) in [5, 5.41) is 2.40. The van der Waals surface area contributed by atoms with Gasteiger partial charge in [-0.3, -0.25) is 0 Å². The largest absolute Gasteiger partial charge is 0.300 e. The summed E-state index contributed by atoms with van der Waals surface area (Å²) in [5.74, 6) is 0. The minimum Gasteiger partial charge on any atom is -0.300 e. The molecule has 7 heteroatoms. The third kappa shape index (κ3) is 4.08. The molecule has 4 nitrogen and oxygen atoms in total. The summed E-state index contributed by atoms with van der Waals surface area (Å²) in [6.07, 6.45) is 0. The van der Waals surface area contributed by atoms with Crippen molar-refractivity contribution in [2.45, 2.75) is 17.9 Å². The topological polar surface area (TPSA) is 49.4 Å². The lowest BCUT2D eigenvalue weighted by Crippen LogP contribution is -2.34. The van der Waals surface area contributed by atoms with Crippen LogP contribution in [0.4, 0.5) is 0 Å². The van der Waals surface area contributed by atoms with Gasteiger partial charge in [0.25, 0.3) is 0 Å². The second-order valence-corrected chi connectivity index (χ2v) is 8.41. The van der Waals surface area contributed by atoms with Crippen LogP contribution in [0.25, 0.3) is 0 Å². The molecular formula is C15H19ClN2O2S2. The molecule has 0 radical (unpaired) electrons. The molecule has 0 saturated heterocycles. The highest BCUT2D eigenvalue weighted by Crippen LogP contribution is 2.24. The van der Waals surface area contributed by atoms with Gasteiger partial charge in [-0.25, -0.2) is 13.1 Å². The number of hydrogen-bond acceptors (Lipinski definition) is 4. The van der Waals surface area contributed by atoms with Crippen LogP contribution < -0.4 is 4.72 Å². The molecule has 0 amide bonds. The first kappa shape index (κ1) is 17.4. The molecule has 1 unspecified atom stereocenters. The normalized spacial score (nSPS) is 13.5. The fourth-order valence-corrected chi connectivity index (χ4v) is 4.61. The van der Waals surface area contributed by atoms with E-state index in [1.807, 2.05) is 36.5 Å². The van der Waals surface area contributed by atoms with Gasteiger partial charge in [0.1, 0.15) is 0 Å². The predicted molar refractivity (Wildman–Crippen MR) is 92.1 cm³/mol. The monoisotopic (exact) mass is 358 g/mol. The summed E-state index contributed by atoms with van der Waals surface area (Å²) in [5.41, 5.74) is 0.675. The van der Waals surface area contributed by atoms with E-state index >= 15 is 0 Å². The molecule has 22 heavy (non-hydrogen) atoms. The van der Waals surface area contributed by atoms with Crippen molar-refractivity contribution in [3.63, 3.8) is 0 Å². The Labute approximate surface area is 140 Å². The van der Waals surface area contributed by atoms with Crippen molar-refractivity contribution in [1.82, 2.24) is 9.62 Å². The average Bonchev–Trinajstić information content (AvgIpc) is 2.95. The van der Waals surface area contributed by atoms with Gasteiger partial charge in [0.2, 0.25) is 10.0 Å². The Balaban J connectivity index is 2.20. The fourth-order valence-electron chi connectivity index (χ4n) is 2.15. The minimum atomic E-state index is -3.59. The maximum absolute atomic E-state index is 12.5. The Morgan fingerprint density at radius 1 is 1.32 bits per heavy atom. The number of halogens is 1. The van der Waals surface area contributed by atoms with Crippen LogP contribution in [-0.2, 0) is 10.0 Å². The summed E-state index contributed by atoms with van der Waals surface area (Å²) in [7, 11) is 0.278. The van der Waals surface area contributed by atoms with Gasteiger partial charge in [-0.05, 0) is 50.2 Å². The zero-order valence-corrected chi connectivity index (χ0v) is 15.1. The average molecular weight is 359 g/mol. The Kier molecular flexibility index (Phi) is 5.63. The van der Waals surface area contributed by atoms with Crippen LogP contribution in [0.5, 0.6) is 0 Å². The first-order chi connectivity index (χ1) is 10.3. The van der Waals surface area contributed by atoms with Crippen LogP contribution in [0, 0.1) is 6.92 Å². The first-order valence-corrected chi connectivity index (χ1v) is 9.51. The molecule has 1 aromatic heterocycles. The quantitative estimate of drug-likeness (QED) is 0.862. The highest BCUT2D eigenvalue weighted by molar-refractivity contribution is 7.89. The third-order valence-corrected chi connectivity index (χ3v) is 6.18. The summed E-state index contributed by atoms with van der Waals surface area (Å²) in [4.78, 5) is 3.35. The zero-order valence-electron chi connectivity index (χ0n) is 12.7. The number of nitrogens with one attached hydrogen (secondary N) is 1. The molecule has 0 aliphatic carbocycles. The number of rotatable bonds is 6. The van der Waals surface area contributed by atoms with Crippen molar-refractivity contribution in [2.75, 3.05) is 20.6 Å². The number of aryl methyl sites for hydroxylation is 1. The highest BCUT2D eigenvalue weighted by atomic mass is 35.5. The lowest BCUT2D eigenvalue weighted by Gasteiger charge is -2.23. The molecule has 0 bridgehead atoms. The van der Waals surface area contributed by atoms with Gasteiger partial charge in [-0.15, -0.1) is 11.3 Å². The summed E-state index contributed by atoms with van der Waals surface area (Å²) < 4.78 is 27.7. The molecule has 0 saturated carbocycles. The molecule has 120 valence electrons. The molecule has 1 atom stereocenters.